The number of hydrogen-bond acceptors (Lipinski definition) is 8. The Balaban J connectivity index is 2.30. The Morgan fingerprint density at radius 1 is 0.926 bits per heavy atom. The molecule has 0 fully saturated rings. The van der Waals surface area contributed by atoms with Crippen LogP contribution < -0.4 is 20.3 Å². The molecule has 14 heteroatoms. The average Bonchev–Trinajstić information content (AvgIpc) is 2.58. The lowest BCUT2D eigenvalue weighted by atomic mass is 10.3. The van der Waals surface area contributed by atoms with Crippen molar-refractivity contribution in [2.75, 3.05) is 17.9 Å². The van der Waals surface area contributed by atoms with E-state index in [1.807, 2.05) is 0 Å². The summed E-state index contributed by atoms with van der Waals surface area (Å²) < 4.78 is 84.4. The second kappa shape index (κ2) is 7.69. The maximum Gasteiger partial charge on any atom is 0.434 e. The van der Waals surface area contributed by atoms with Gasteiger partial charge in [0.25, 0.3) is 12.1 Å². The predicted molar refractivity (Wildman–Crippen MR) is 78.0 cm³/mol. The Bertz CT molecular complexity index is 755. The molecule has 1 heterocycles. The van der Waals surface area contributed by atoms with Crippen molar-refractivity contribution < 1.29 is 41.0 Å². The van der Waals surface area contributed by atoms with Gasteiger partial charge in [-0.05, 0) is 24.3 Å². The maximum atomic E-state index is 12.6. The minimum absolute atomic E-state index is 0.319. The first-order valence-electron chi connectivity index (χ1n) is 6.90. The molecule has 1 aromatic carbocycles. The third-order valence-corrected chi connectivity index (χ3v) is 2.88. The molecular formula is C13H11F6N5O3. The average molecular weight is 399 g/mol. The summed E-state index contributed by atoms with van der Waals surface area (Å²) in [6.07, 6.45) is -15.7. The highest BCUT2D eigenvalue weighted by Gasteiger charge is 2.59. The fourth-order valence-corrected chi connectivity index (χ4v) is 1.74. The van der Waals surface area contributed by atoms with Gasteiger partial charge in [0.15, 0.2) is 0 Å². The molecule has 2 rings (SSSR count). The summed E-state index contributed by atoms with van der Waals surface area (Å²) in [7, 11) is 1.43. The molecule has 0 saturated carbocycles. The molecular weight excluding hydrogens is 388 g/mol. The number of nitrogens with one attached hydrogen (secondary N) is 2. The van der Waals surface area contributed by atoms with E-state index in [-0.39, 0.29) is 0 Å². The summed E-state index contributed by atoms with van der Waals surface area (Å²) in [5, 5.41) is 11.3. The number of nitrogens with zero attached hydrogens (tertiary/aromatic N) is 3. The Morgan fingerprint density at radius 2 is 1.48 bits per heavy atom. The fourth-order valence-electron chi connectivity index (χ4n) is 1.74. The molecule has 1 aromatic heterocycles. The molecule has 0 aliphatic rings. The highest BCUT2D eigenvalue weighted by Crippen LogP contribution is 2.36. The van der Waals surface area contributed by atoms with Crippen LogP contribution in [0.5, 0.6) is 11.8 Å². The second-order valence-electron chi connectivity index (χ2n) is 4.81. The molecule has 0 saturated heterocycles. The molecule has 8 nitrogen and oxygen atoms in total. The summed E-state index contributed by atoms with van der Waals surface area (Å²) in [5.74, 6) is -0.722. The zero-order chi connectivity index (χ0) is 20.2. The van der Waals surface area contributed by atoms with Crippen molar-refractivity contribution in [3.05, 3.63) is 24.3 Å². The smallest absolute Gasteiger partial charge is 0.434 e. The van der Waals surface area contributed by atoms with E-state index in [4.69, 9.17) is 9.94 Å². The summed E-state index contributed by atoms with van der Waals surface area (Å²) in [4.78, 5) is 10.0. The molecule has 0 amide bonds. The molecule has 0 unspecified atom stereocenters. The number of rotatable bonds is 6. The van der Waals surface area contributed by atoms with Crippen LogP contribution in [0.2, 0.25) is 0 Å². The maximum absolute atomic E-state index is 12.6. The van der Waals surface area contributed by atoms with Gasteiger partial charge < -0.3 is 14.8 Å². The topological polar surface area (TPSA) is 101 Å². The Hall–Kier alpha value is -3.03. The van der Waals surface area contributed by atoms with Gasteiger partial charge in [-0.15, -0.1) is 0 Å². The molecule has 0 spiro atoms. The number of benzene rings is 1. The molecule has 2 aromatic rings. The SMILES string of the molecule is COc1ccc(Nc2nc(NO)nc(OC(C(F)(F)F)C(F)(F)F)n2)cc1. The number of aromatic nitrogens is 3. The minimum atomic E-state index is -5.76. The highest BCUT2D eigenvalue weighted by molar-refractivity contribution is 5.55. The molecule has 0 aliphatic heterocycles. The van der Waals surface area contributed by atoms with Gasteiger partial charge in [-0.2, -0.15) is 41.3 Å². The van der Waals surface area contributed by atoms with Crippen molar-refractivity contribution in [3.63, 3.8) is 0 Å². The number of ether oxygens (including phenoxy) is 2. The van der Waals surface area contributed by atoms with Gasteiger partial charge in [-0.25, -0.2) is 5.48 Å². The summed E-state index contributed by atoms with van der Waals surface area (Å²) in [6.45, 7) is 0. The standard InChI is InChI=1S/C13H11F6N5O3/c1-26-7-4-2-6(3-5-7)20-9-21-10(24-25)23-11(22-9)27-8(12(14,15)16)13(17,18)19/h2-5,8,25H,1H3,(H2,20,21,22,23,24). The van der Waals surface area contributed by atoms with Gasteiger partial charge >= 0.3 is 18.4 Å². The van der Waals surface area contributed by atoms with Gasteiger partial charge in [0.1, 0.15) is 5.75 Å². The molecule has 0 bridgehead atoms. The van der Waals surface area contributed by atoms with Crippen molar-refractivity contribution in [1.29, 1.82) is 0 Å². The fraction of sp³-hybridized carbons (Fsp3) is 0.308. The predicted octanol–water partition coefficient (Wildman–Crippen LogP) is 3.30. The largest absolute Gasteiger partial charge is 0.497 e. The van der Waals surface area contributed by atoms with Crippen LogP contribution in [0.15, 0.2) is 24.3 Å². The van der Waals surface area contributed by atoms with Crippen LogP contribution in [0, 0.1) is 0 Å². The van der Waals surface area contributed by atoms with Crippen LogP contribution in [0.25, 0.3) is 0 Å². The van der Waals surface area contributed by atoms with E-state index in [0.29, 0.717) is 11.4 Å². The van der Waals surface area contributed by atoms with Crippen molar-refractivity contribution in [3.8, 4) is 11.8 Å². The first kappa shape index (κ1) is 20.3. The lowest BCUT2D eigenvalue weighted by Gasteiger charge is -2.22. The van der Waals surface area contributed by atoms with Crippen LogP contribution in [0.1, 0.15) is 0 Å². The molecule has 148 valence electrons. The monoisotopic (exact) mass is 399 g/mol. The van der Waals surface area contributed by atoms with Crippen molar-refractivity contribution in [1.82, 2.24) is 15.0 Å². The van der Waals surface area contributed by atoms with Crippen LogP contribution in [-0.2, 0) is 0 Å². The van der Waals surface area contributed by atoms with E-state index in [9.17, 15) is 26.3 Å². The summed E-state index contributed by atoms with van der Waals surface area (Å²) in [5.41, 5.74) is 1.72. The molecule has 3 N–H and O–H groups in total. The van der Waals surface area contributed by atoms with Crippen molar-refractivity contribution in [2.24, 2.45) is 0 Å². The summed E-state index contributed by atoms with van der Waals surface area (Å²) in [6, 6.07) is 4.69. The normalized spacial score (nSPS) is 12.0. The van der Waals surface area contributed by atoms with Gasteiger partial charge in [0, 0.05) is 5.69 Å². The van der Waals surface area contributed by atoms with Crippen molar-refractivity contribution >= 4 is 17.6 Å². The second-order valence-corrected chi connectivity index (χ2v) is 4.81. The summed E-state index contributed by atoms with van der Waals surface area (Å²) >= 11 is 0. The molecule has 0 atom stereocenters. The molecule has 0 radical (unpaired) electrons. The minimum Gasteiger partial charge on any atom is -0.497 e. The van der Waals surface area contributed by atoms with Crippen molar-refractivity contribution in [2.45, 2.75) is 18.5 Å². The zero-order valence-electron chi connectivity index (χ0n) is 13.3. The van der Waals surface area contributed by atoms with Gasteiger partial charge in [-0.3, -0.25) is 5.21 Å². The number of methoxy groups -OCH3 is 1. The number of hydrogen-bond donors (Lipinski definition) is 3. The first-order chi connectivity index (χ1) is 12.5. The van der Waals surface area contributed by atoms with E-state index >= 15 is 0 Å². The quantitative estimate of drug-likeness (QED) is 0.503. The van der Waals surface area contributed by atoms with E-state index < -0.39 is 36.4 Å². The van der Waals surface area contributed by atoms with E-state index in [0.717, 1.165) is 0 Å². The van der Waals surface area contributed by atoms with E-state index in [1.54, 1.807) is 0 Å². The van der Waals surface area contributed by atoms with Crippen LogP contribution >= 0.6 is 0 Å². The van der Waals surface area contributed by atoms with E-state index in [2.05, 4.69) is 25.0 Å². The van der Waals surface area contributed by atoms with Gasteiger partial charge in [0.05, 0.1) is 7.11 Å². The highest BCUT2D eigenvalue weighted by atomic mass is 19.4. The first-order valence-corrected chi connectivity index (χ1v) is 6.90. The molecule has 27 heavy (non-hydrogen) atoms. The lowest BCUT2D eigenvalue weighted by Crippen LogP contribution is -2.46. The van der Waals surface area contributed by atoms with Gasteiger partial charge in [-0.1, -0.05) is 0 Å². The van der Waals surface area contributed by atoms with Crippen LogP contribution in [0.3, 0.4) is 0 Å². The zero-order valence-corrected chi connectivity index (χ0v) is 13.3. The Labute approximate surface area is 147 Å². The molecule has 0 aliphatic carbocycles. The van der Waals surface area contributed by atoms with Gasteiger partial charge in [0.2, 0.25) is 5.95 Å². The Morgan fingerprint density at radius 3 is 1.96 bits per heavy atom. The van der Waals surface area contributed by atoms with Crippen LogP contribution in [0.4, 0.5) is 43.9 Å². The number of anilines is 3. The number of halogens is 6. The number of alkyl halides is 6. The Kier molecular flexibility index (Phi) is 5.78. The third-order valence-electron chi connectivity index (χ3n) is 2.88. The third kappa shape index (κ3) is 5.47. The van der Waals surface area contributed by atoms with Crippen LogP contribution in [-0.4, -0.2) is 45.7 Å². The van der Waals surface area contributed by atoms with E-state index in [1.165, 1.54) is 36.9 Å². The lowest BCUT2D eigenvalue weighted by molar-refractivity contribution is -0.301.